The number of ether oxygens (including phenoxy) is 3. The smallest absolute Gasteiger partial charge is 0.335 e. The maximum atomic E-state index is 13.8. The molecule has 8 nitrogen and oxygen atoms in total. The van der Waals surface area contributed by atoms with Gasteiger partial charge in [0.1, 0.15) is 18.0 Å². The van der Waals surface area contributed by atoms with E-state index in [1.807, 2.05) is 0 Å². The first-order chi connectivity index (χ1) is 15.7. The fourth-order valence-corrected chi connectivity index (χ4v) is 7.82. The third-order valence-corrected chi connectivity index (χ3v) is 9.30. The molecule has 1 aliphatic heterocycles. The van der Waals surface area contributed by atoms with E-state index in [2.05, 4.69) is 0 Å². The molecule has 0 amide bonds. The van der Waals surface area contributed by atoms with Crippen molar-refractivity contribution in [1.29, 1.82) is 0 Å². The monoisotopic (exact) mass is 504 g/mol. The summed E-state index contributed by atoms with van der Waals surface area (Å²) in [6, 6.07) is 2.38. The Morgan fingerprint density at radius 3 is 2.48 bits per heavy atom. The average molecular weight is 505 g/mol. The number of carbonyl (C=O) groups excluding carboxylic acids is 1. The third kappa shape index (κ3) is 4.33. The Bertz CT molecular complexity index is 1060. The molecule has 4 rings (SSSR count). The topological polar surface area (TPSA) is 119 Å². The summed E-state index contributed by atoms with van der Waals surface area (Å²) in [4.78, 5) is 12.8. The first-order valence-electron chi connectivity index (χ1n) is 10.8. The molecule has 1 saturated heterocycles. The van der Waals surface area contributed by atoms with Crippen molar-refractivity contribution in [3.63, 3.8) is 0 Å². The molecule has 4 atom stereocenters. The second-order valence-corrected chi connectivity index (χ2v) is 11.1. The van der Waals surface area contributed by atoms with Crippen molar-refractivity contribution in [2.24, 2.45) is 0 Å². The molecular weight excluding hydrogens is 479 g/mol. The van der Waals surface area contributed by atoms with Crippen LogP contribution in [0.1, 0.15) is 42.6 Å². The molecular formula is C22H26ClFO8S. The lowest BCUT2D eigenvalue weighted by molar-refractivity contribution is -0.154. The SMILES string of the molecule is CCOC(=O)C1=CC2(CCC1S(=O)(=O)C1CCc3cc(F)cc(Cl)c31)O[C@H](CO)[C@@H](CO)O2. The van der Waals surface area contributed by atoms with Crippen molar-refractivity contribution in [3.05, 3.63) is 45.7 Å². The summed E-state index contributed by atoms with van der Waals surface area (Å²) in [5, 5.41) is 16.9. The van der Waals surface area contributed by atoms with E-state index in [4.69, 9.17) is 25.8 Å². The lowest BCUT2D eigenvalue weighted by atomic mass is 9.94. The Morgan fingerprint density at radius 2 is 1.88 bits per heavy atom. The van der Waals surface area contributed by atoms with E-state index < -0.39 is 63.3 Å². The highest BCUT2D eigenvalue weighted by molar-refractivity contribution is 7.92. The molecule has 2 aliphatic carbocycles. The maximum Gasteiger partial charge on any atom is 0.335 e. The highest BCUT2D eigenvalue weighted by Gasteiger charge is 2.53. The number of carbonyl (C=O) groups is 1. The van der Waals surface area contributed by atoms with E-state index in [9.17, 15) is 27.8 Å². The van der Waals surface area contributed by atoms with E-state index >= 15 is 0 Å². The summed E-state index contributed by atoms with van der Waals surface area (Å²) in [7, 11) is -3.99. The van der Waals surface area contributed by atoms with Crippen molar-refractivity contribution in [2.45, 2.75) is 61.1 Å². The predicted octanol–water partition coefficient (Wildman–Crippen LogP) is 2.00. The zero-order valence-electron chi connectivity index (χ0n) is 18.0. The van der Waals surface area contributed by atoms with Gasteiger partial charge in [-0.2, -0.15) is 0 Å². The number of esters is 1. The minimum Gasteiger partial charge on any atom is -0.463 e. The number of aliphatic hydroxyl groups is 2. The Morgan fingerprint density at radius 1 is 1.21 bits per heavy atom. The summed E-state index contributed by atoms with van der Waals surface area (Å²) in [5.41, 5.74) is 0.794. The van der Waals surface area contributed by atoms with Gasteiger partial charge >= 0.3 is 5.97 Å². The molecule has 3 aliphatic rings. The van der Waals surface area contributed by atoms with Crippen LogP contribution in [-0.2, 0) is 35.3 Å². The number of halogens is 2. The number of sulfone groups is 1. The molecule has 2 unspecified atom stereocenters. The van der Waals surface area contributed by atoms with Crippen LogP contribution in [0, 0.1) is 5.82 Å². The normalized spacial score (nSPS) is 28.6. The van der Waals surface area contributed by atoms with Crippen LogP contribution in [0.25, 0.3) is 0 Å². The van der Waals surface area contributed by atoms with E-state index in [1.54, 1.807) is 6.92 Å². The van der Waals surface area contributed by atoms with Crippen LogP contribution in [0.5, 0.6) is 0 Å². The lowest BCUT2D eigenvalue weighted by Gasteiger charge is -2.34. The summed E-state index contributed by atoms with van der Waals surface area (Å²) in [6.07, 6.45) is 0.324. The van der Waals surface area contributed by atoms with E-state index in [0.29, 0.717) is 17.5 Å². The van der Waals surface area contributed by atoms with Crippen LogP contribution in [0.4, 0.5) is 4.39 Å². The zero-order valence-corrected chi connectivity index (χ0v) is 19.6. The van der Waals surface area contributed by atoms with Crippen molar-refractivity contribution in [2.75, 3.05) is 19.8 Å². The number of fused-ring (bicyclic) bond motifs is 1. The van der Waals surface area contributed by atoms with Crippen molar-refractivity contribution < 1.29 is 42.0 Å². The largest absolute Gasteiger partial charge is 0.463 e. The molecule has 0 saturated carbocycles. The predicted molar refractivity (Wildman–Crippen MR) is 116 cm³/mol. The minimum absolute atomic E-state index is 0.00603. The first kappa shape index (κ1) is 24.6. The number of hydrogen-bond donors (Lipinski definition) is 2. The second-order valence-electron chi connectivity index (χ2n) is 8.41. The summed E-state index contributed by atoms with van der Waals surface area (Å²) in [5.74, 6) is -2.80. The Labute approximate surface area is 196 Å². The van der Waals surface area contributed by atoms with Gasteiger partial charge < -0.3 is 24.4 Å². The molecule has 1 fully saturated rings. The molecule has 33 heavy (non-hydrogen) atoms. The van der Waals surface area contributed by atoms with Gasteiger partial charge in [0.05, 0.1) is 35.9 Å². The molecule has 0 radical (unpaired) electrons. The molecule has 0 bridgehead atoms. The van der Waals surface area contributed by atoms with Crippen molar-refractivity contribution in [3.8, 4) is 0 Å². The number of aliphatic hydroxyl groups excluding tert-OH is 2. The van der Waals surface area contributed by atoms with Crippen molar-refractivity contribution >= 4 is 27.4 Å². The van der Waals surface area contributed by atoms with Gasteiger partial charge in [-0.3, -0.25) is 0 Å². The number of rotatable bonds is 6. The number of aryl methyl sites for hydroxylation is 1. The zero-order chi connectivity index (χ0) is 24.0. The molecule has 1 aromatic rings. The molecule has 1 aromatic carbocycles. The highest BCUT2D eigenvalue weighted by atomic mass is 35.5. The fourth-order valence-electron chi connectivity index (χ4n) is 4.99. The molecule has 2 N–H and O–H groups in total. The summed E-state index contributed by atoms with van der Waals surface area (Å²) >= 11 is 6.23. The van der Waals surface area contributed by atoms with Crippen LogP contribution in [0.3, 0.4) is 0 Å². The first-order valence-corrected chi connectivity index (χ1v) is 12.8. The molecule has 182 valence electrons. The quantitative estimate of drug-likeness (QED) is 0.564. The number of benzene rings is 1. The minimum atomic E-state index is -3.99. The lowest BCUT2D eigenvalue weighted by Crippen LogP contribution is -2.42. The van der Waals surface area contributed by atoms with Crippen LogP contribution in [-0.4, -0.2) is 67.7 Å². The Balaban J connectivity index is 1.73. The standard InChI is InChI=1S/C22H26ClFO8S/c1-2-30-21(27)14-9-22(31-16(10-25)17(11-26)32-22)6-5-18(14)33(28,29)19-4-3-12-7-13(24)8-15(23)20(12)19/h7-9,16-19,25-26H,2-6,10-11H2,1H3/t16-,17-,18?,19?/m1/s1. The fraction of sp³-hybridized carbons (Fsp3) is 0.591. The molecule has 0 aromatic heterocycles. The van der Waals surface area contributed by atoms with Gasteiger partial charge in [-0.15, -0.1) is 0 Å². The third-order valence-electron chi connectivity index (χ3n) is 6.44. The van der Waals surface area contributed by atoms with Gasteiger partial charge in [-0.25, -0.2) is 17.6 Å². The van der Waals surface area contributed by atoms with Gasteiger partial charge in [-0.05, 0) is 55.5 Å². The van der Waals surface area contributed by atoms with E-state index in [0.717, 1.165) is 6.07 Å². The van der Waals surface area contributed by atoms with Crippen molar-refractivity contribution in [1.82, 2.24) is 0 Å². The summed E-state index contributed by atoms with van der Waals surface area (Å²) in [6.45, 7) is 0.818. The van der Waals surface area contributed by atoms with Crippen LogP contribution in [0.15, 0.2) is 23.8 Å². The van der Waals surface area contributed by atoms with Gasteiger partial charge in [0, 0.05) is 11.4 Å². The van der Waals surface area contributed by atoms with E-state index in [1.165, 1.54) is 12.1 Å². The number of hydrogen-bond acceptors (Lipinski definition) is 8. The van der Waals surface area contributed by atoms with Crippen LogP contribution >= 0.6 is 11.6 Å². The van der Waals surface area contributed by atoms with E-state index in [-0.39, 0.29) is 36.5 Å². The van der Waals surface area contributed by atoms with Crippen LogP contribution < -0.4 is 0 Å². The van der Waals surface area contributed by atoms with Crippen LogP contribution in [0.2, 0.25) is 5.02 Å². The van der Waals surface area contributed by atoms with Gasteiger partial charge in [-0.1, -0.05) is 11.6 Å². The molecule has 11 heteroatoms. The molecule has 1 heterocycles. The van der Waals surface area contributed by atoms with Gasteiger partial charge in [0.25, 0.3) is 0 Å². The maximum absolute atomic E-state index is 13.8. The molecule has 1 spiro atoms. The second kappa shape index (κ2) is 9.24. The highest BCUT2D eigenvalue weighted by Crippen LogP contribution is 2.48. The summed E-state index contributed by atoms with van der Waals surface area (Å²) < 4.78 is 58.1. The Kier molecular flexibility index (Phi) is 6.88. The van der Waals surface area contributed by atoms with Gasteiger partial charge in [0.2, 0.25) is 0 Å². The van der Waals surface area contributed by atoms with Gasteiger partial charge in [0.15, 0.2) is 15.6 Å². The Hall–Kier alpha value is -1.56. The average Bonchev–Trinajstić information content (AvgIpc) is 3.35.